The molecule has 2 N–H and O–H groups in total. The minimum atomic E-state index is -1.00. The lowest BCUT2D eigenvalue weighted by molar-refractivity contribution is -1.24. The van der Waals surface area contributed by atoms with Crippen molar-refractivity contribution < 1.29 is 24.8 Å². The van der Waals surface area contributed by atoms with E-state index in [4.69, 9.17) is 4.74 Å². The second kappa shape index (κ2) is 19.7. The molecule has 0 aromatic carbocycles. The highest BCUT2D eigenvalue weighted by Crippen LogP contribution is 2.13. The Balaban J connectivity index is 3.21. The maximum Gasteiger partial charge on any atom is 0.305 e. The topological polar surface area (TPSA) is 66.8 Å². The van der Waals surface area contributed by atoms with Crippen LogP contribution in [-0.2, 0) is 9.53 Å². The second-order valence-corrected chi connectivity index (χ2v) is 8.19. The first-order valence-corrected chi connectivity index (χ1v) is 12.0. The predicted molar refractivity (Wildman–Crippen MR) is 114 cm³/mol. The number of ether oxygens (including phenoxy) is 1. The number of hydroxylamine groups is 4. The molecule has 0 saturated heterocycles. The molecule has 5 nitrogen and oxygen atoms in total. The van der Waals surface area contributed by atoms with Crippen molar-refractivity contribution in [3.05, 3.63) is 0 Å². The zero-order chi connectivity index (χ0) is 20.9. The molecule has 0 spiro atoms. The highest BCUT2D eigenvalue weighted by molar-refractivity contribution is 5.69. The van der Waals surface area contributed by atoms with Crippen molar-refractivity contribution in [3.8, 4) is 0 Å². The van der Waals surface area contributed by atoms with Crippen molar-refractivity contribution in [2.24, 2.45) is 0 Å². The molecule has 0 rings (SSSR count). The Morgan fingerprint density at radius 1 is 0.679 bits per heavy atom. The van der Waals surface area contributed by atoms with Crippen LogP contribution in [0.15, 0.2) is 0 Å². The van der Waals surface area contributed by atoms with Crippen LogP contribution in [0, 0.1) is 0 Å². The molecule has 0 saturated carbocycles. The van der Waals surface area contributed by atoms with Gasteiger partial charge in [0.25, 0.3) is 0 Å². The molecule has 0 amide bonds. The quantitative estimate of drug-likeness (QED) is 0.0959. The summed E-state index contributed by atoms with van der Waals surface area (Å²) >= 11 is 0. The third-order valence-electron chi connectivity index (χ3n) is 5.41. The van der Waals surface area contributed by atoms with Gasteiger partial charge in [-0.15, -0.1) is 0 Å². The fourth-order valence-electron chi connectivity index (χ4n) is 3.37. The van der Waals surface area contributed by atoms with E-state index in [0.717, 1.165) is 12.8 Å². The third-order valence-corrected chi connectivity index (χ3v) is 5.41. The van der Waals surface area contributed by atoms with E-state index in [1.807, 2.05) is 0 Å². The fourth-order valence-corrected chi connectivity index (χ4v) is 3.37. The minimum Gasteiger partial charge on any atom is -0.465 e. The van der Waals surface area contributed by atoms with Crippen LogP contribution in [0.4, 0.5) is 0 Å². The summed E-state index contributed by atoms with van der Waals surface area (Å²) in [5, 5.41) is 18.8. The summed E-state index contributed by atoms with van der Waals surface area (Å²) in [7, 11) is 0. The number of carbonyl (C=O) groups excluding carboxylic acids is 1. The van der Waals surface area contributed by atoms with Gasteiger partial charge < -0.3 is 4.74 Å². The molecule has 0 bridgehead atoms. The molecule has 0 heterocycles. The highest BCUT2D eigenvalue weighted by atomic mass is 16.8. The number of rotatable bonds is 21. The molecule has 5 heteroatoms. The zero-order valence-electron chi connectivity index (χ0n) is 18.8. The molecule has 0 aromatic heterocycles. The van der Waals surface area contributed by atoms with Crippen LogP contribution in [-0.4, -0.2) is 40.9 Å². The van der Waals surface area contributed by atoms with Crippen molar-refractivity contribution in [1.29, 1.82) is 0 Å². The van der Waals surface area contributed by atoms with Crippen LogP contribution < -0.4 is 0 Å². The number of quaternary nitrogens is 1. The molecule has 0 atom stereocenters. The van der Waals surface area contributed by atoms with Gasteiger partial charge in [0.1, 0.15) is 13.1 Å². The van der Waals surface area contributed by atoms with E-state index in [2.05, 4.69) is 6.92 Å². The van der Waals surface area contributed by atoms with E-state index >= 15 is 0 Å². The molecule has 0 unspecified atom stereocenters. The van der Waals surface area contributed by atoms with Gasteiger partial charge in [-0.05, 0) is 18.2 Å². The van der Waals surface area contributed by atoms with E-state index in [-0.39, 0.29) is 25.7 Å². The van der Waals surface area contributed by atoms with Gasteiger partial charge in [-0.3, -0.25) is 4.79 Å². The number of unbranched alkanes of at least 4 members (excludes halogenated alkanes) is 14. The van der Waals surface area contributed by atoms with Crippen LogP contribution in [0.25, 0.3) is 0 Å². The molecule has 0 aliphatic carbocycles. The lowest BCUT2D eigenvalue weighted by Gasteiger charge is -2.18. The summed E-state index contributed by atoms with van der Waals surface area (Å²) < 4.78 is 5.13. The Hall–Kier alpha value is -0.650. The van der Waals surface area contributed by atoms with Crippen LogP contribution >= 0.6 is 0 Å². The van der Waals surface area contributed by atoms with Crippen molar-refractivity contribution in [2.45, 2.75) is 123 Å². The van der Waals surface area contributed by atoms with Gasteiger partial charge in [0.05, 0.1) is 6.61 Å². The number of hydrogen-bond acceptors (Lipinski definition) is 4. The third kappa shape index (κ3) is 20.1. The largest absolute Gasteiger partial charge is 0.465 e. The van der Waals surface area contributed by atoms with Gasteiger partial charge in [-0.1, -0.05) is 96.8 Å². The fraction of sp³-hybridized carbons (Fsp3) is 0.957. The summed E-state index contributed by atoms with van der Waals surface area (Å²) in [6.07, 6.45) is 20.7. The summed E-state index contributed by atoms with van der Waals surface area (Å²) in [6, 6.07) is 0. The smallest absolute Gasteiger partial charge is 0.305 e. The van der Waals surface area contributed by atoms with E-state index < -0.39 is 4.81 Å². The Bertz CT molecular complexity index is 347. The Morgan fingerprint density at radius 3 is 1.54 bits per heavy atom. The van der Waals surface area contributed by atoms with Gasteiger partial charge in [-0.2, -0.15) is 10.4 Å². The summed E-state index contributed by atoms with van der Waals surface area (Å²) in [5.41, 5.74) is 0. The van der Waals surface area contributed by atoms with Crippen molar-refractivity contribution in [2.75, 3.05) is 19.7 Å². The molecule has 0 aliphatic heterocycles. The SMILES string of the molecule is CCCCCCCCCCCCCCCCCC(=O)OCCC[N+](O)(O)CC. The monoisotopic (exact) mass is 402 g/mol. The van der Waals surface area contributed by atoms with Crippen molar-refractivity contribution in [1.82, 2.24) is 0 Å². The average Bonchev–Trinajstić information content (AvgIpc) is 2.68. The van der Waals surface area contributed by atoms with E-state index in [1.54, 1.807) is 6.92 Å². The first-order chi connectivity index (χ1) is 13.5. The molecule has 0 radical (unpaired) electrons. The molecule has 168 valence electrons. The molecular formula is C23H48NO4+. The van der Waals surface area contributed by atoms with Crippen LogP contribution in [0.5, 0.6) is 0 Å². The first kappa shape index (κ1) is 27.4. The Kier molecular flexibility index (Phi) is 19.2. The normalized spacial score (nSPS) is 11.7. The number of esters is 1. The molecule has 0 fully saturated rings. The molecule has 28 heavy (non-hydrogen) atoms. The van der Waals surface area contributed by atoms with E-state index in [1.165, 1.54) is 83.5 Å². The number of hydrogen-bond donors (Lipinski definition) is 2. The van der Waals surface area contributed by atoms with Gasteiger partial charge in [0.2, 0.25) is 0 Å². The van der Waals surface area contributed by atoms with Crippen LogP contribution in [0.1, 0.15) is 123 Å². The van der Waals surface area contributed by atoms with Crippen LogP contribution in [0.2, 0.25) is 0 Å². The summed E-state index contributed by atoms with van der Waals surface area (Å²) in [4.78, 5) is 10.6. The maximum absolute atomic E-state index is 11.6. The lowest BCUT2D eigenvalue weighted by Crippen LogP contribution is -2.42. The van der Waals surface area contributed by atoms with Crippen molar-refractivity contribution >= 4 is 5.97 Å². The molecule has 0 aromatic rings. The number of nitrogens with zero attached hydrogens (tertiary/aromatic N) is 1. The minimum absolute atomic E-state index is 0.167. The highest BCUT2D eigenvalue weighted by Gasteiger charge is 2.18. The Labute approximate surface area is 174 Å². The lowest BCUT2D eigenvalue weighted by atomic mass is 10.0. The average molecular weight is 403 g/mol. The first-order valence-electron chi connectivity index (χ1n) is 12.0. The van der Waals surface area contributed by atoms with Gasteiger partial charge >= 0.3 is 5.97 Å². The Morgan fingerprint density at radius 2 is 1.11 bits per heavy atom. The number of carbonyl (C=O) groups is 1. The maximum atomic E-state index is 11.6. The molecule has 0 aliphatic rings. The predicted octanol–water partition coefficient (Wildman–Crippen LogP) is 6.80. The standard InChI is InChI=1S/C23H48NO4/c1-3-5-6-7-8-9-10-11-12-13-14-15-16-17-18-20-23(25)28-22-19-21-24(26,27)4-2/h26-27H,3-22H2,1-2H3/q+1. The zero-order valence-corrected chi connectivity index (χ0v) is 18.8. The van der Waals surface area contributed by atoms with Gasteiger partial charge in [0.15, 0.2) is 0 Å². The molecular weight excluding hydrogens is 354 g/mol. The van der Waals surface area contributed by atoms with Crippen LogP contribution in [0.3, 0.4) is 0 Å². The van der Waals surface area contributed by atoms with E-state index in [9.17, 15) is 15.2 Å². The second-order valence-electron chi connectivity index (χ2n) is 8.19. The summed E-state index contributed by atoms with van der Waals surface area (Å²) in [5.74, 6) is -0.167. The van der Waals surface area contributed by atoms with Crippen molar-refractivity contribution in [3.63, 3.8) is 0 Å². The van der Waals surface area contributed by atoms with E-state index in [0.29, 0.717) is 12.8 Å². The van der Waals surface area contributed by atoms with Gasteiger partial charge in [0, 0.05) is 12.8 Å². The van der Waals surface area contributed by atoms with Gasteiger partial charge in [-0.25, -0.2) is 0 Å². The summed E-state index contributed by atoms with van der Waals surface area (Å²) in [6.45, 7) is 4.64.